The molecule has 0 radical (unpaired) electrons. The van der Waals surface area contributed by atoms with Gasteiger partial charge in [-0.2, -0.15) is 9.97 Å². The first-order valence-electron chi connectivity index (χ1n) is 27.6. The fourth-order valence-corrected chi connectivity index (χ4v) is 17.0. The van der Waals surface area contributed by atoms with E-state index < -0.39 is 43.0 Å². The van der Waals surface area contributed by atoms with E-state index in [1.165, 1.54) is 18.7 Å². The van der Waals surface area contributed by atoms with Gasteiger partial charge in [0, 0.05) is 76.6 Å². The maximum atomic E-state index is 18.2. The lowest BCUT2D eigenvalue weighted by molar-refractivity contribution is 0.0122. The molecule has 78 heavy (non-hydrogen) atoms. The van der Waals surface area contributed by atoms with Gasteiger partial charge in [-0.05, 0) is 100 Å². The Bertz CT molecular complexity index is 2970. The number of carbonyl (C=O) groups excluding carboxylic acids is 2. The SMILES string of the molecule is COCOc1cc(-c2ncc3c(N4CC5CCC(C4)N5C(=O)OC(C)(C)C)nc(OCC(CN4CCN(Cc5ccccc5)CC4)NC(=O)OC(C)(C)C)nc3c2F)c2c(C#C[Si](C(C)C)(C(C)C)C(C)C)c(F)ccc2c1. The molecule has 3 fully saturated rings. The number of nitrogens with zero attached hydrogens (tertiary/aromatic N) is 7. The molecule has 3 unspecified atom stereocenters. The molecule has 1 N–H and O–H groups in total. The van der Waals surface area contributed by atoms with Crippen molar-refractivity contribution in [3.05, 3.63) is 83.6 Å². The summed E-state index contributed by atoms with van der Waals surface area (Å²) in [5.41, 5.74) is 4.55. The maximum absolute atomic E-state index is 18.2. The number of anilines is 1. The van der Waals surface area contributed by atoms with E-state index in [1.54, 1.807) is 45.2 Å². The van der Waals surface area contributed by atoms with Crippen LogP contribution in [-0.4, -0.2) is 146 Å². The van der Waals surface area contributed by atoms with E-state index >= 15 is 8.78 Å². The van der Waals surface area contributed by atoms with Crippen molar-refractivity contribution >= 4 is 47.8 Å². The van der Waals surface area contributed by atoms with Crippen LogP contribution >= 0.6 is 0 Å². The minimum Gasteiger partial charge on any atom is -0.468 e. The van der Waals surface area contributed by atoms with Gasteiger partial charge in [0.2, 0.25) is 0 Å². The predicted molar refractivity (Wildman–Crippen MR) is 305 cm³/mol. The van der Waals surface area contributed by atoms with Crippen LogP contribution in [-0.2, 0) is 20.8 Å². The van der Waals surface area contributed by atoms with Crippen molar-refractivity contribution in [3.8, 4) is 34.5 Å². The first kappa shape index (κ1) is 58.0. The molecule has 420 valence electrons. The number of methoxy groups -OCH3 is 1. The molecular formula is C60H80F2N8O7Si. The Kier molecular flexibility index (Phi) is 17.9. The minimum atomic E-state index is -2.37. The number of fused-ring (bicyclic) bond motifs is 4. The van der Waals surface area contributed by atoms with Crippen molar-refractivity contribution in [3.63, 3.8) is 0 Å². The van der Waals surface area contributed by atoms with Crippen molar-refractivity contribution in [2.45, 2.75) is 148 Å². The number of amides is 2. The van der Waals surface area contributed by atoms with Crippen molar-refractivity contribution < 1.29 is 42.1 Å². The number of rotatable bonds is 16. The zero-order chi connectivity index (χ0) is 56.3. The Morgan fingerprint density at radius 1 is 0.821 bits per heavy atom. The monoisotopic (exact) mass is 1090 g/mol. The second kappa shape index (κ2) is 24.1. The fraction of sp³-hybridized carbons (Fsp3) is 0.550. The number of alkyl carbamates (subject to hydrolysis) is 1. The van der Waals surface area contributed by atoms with Crippen molar-refractivity contribution in [2.24, 2.45) is 0 Å². The van der Waals surface area contributed by atoms with E-state index in [2.05, 4.69) is 92.4 Å². The minimum absolute atomic E-state index is 0.0790. The lowest BCUT2D eigenvalue weighted by Gasteiger charge is -2.42. The zero-order valence-corrected chi connectivity index (χ0v) is 49.0. The molecule has 3 saturated heterocycles. The largest absolute Gasteiger partial charge is 0.468 e. The van der Waals surface area contributed by atoms with E-state index in [-0.39, 0.29) is 76.5 Å². The molecule has 2 bridgehead atoms. The average Bonchev–Trinajstić information content (AvgIpc) is 3.84. The van der Waals surface area contributed by atoms with Gasteiger partial charge < -0.3 is 33.9 Å². The van der Waals surface area contributed by atoms with Gasteiger partial charge in [-0.1, -0.05) is 83.9 Å². The summed E-state index contributed by atoms with van der Waals surface area (Å²) in [5, 5.41) is 4.31. The molecule has 2 aromatic heterocycles. The highest BCUT2D eigenvalue weighted by Gasteiger charge is 2.46. The number of hydrogen-bond donors (Lipinski definition) is 1. The normalized spacial score (nSPS) is 17.9. The average molecular weight is 1090 g/mol. The molecule has 2 amide bonds. The molecule has 3 atom stereocenters. The van der Waals surface area contributed by atoms with Crippen molar-refractivity contribution in [1.82, 2.24) is 35.0 Å². The number of benzene rings is 3. The second-order valence-corrected chi connectivity index (χ2v) is 29.7. The zero-order valence-electron chi connectivity index (χ0n) is 48.0. The van der Waals surface area contributed by atoms with Gasteiger partial charge in [-0.25, -0.2) is 18.4 Å². The number of ether oxygens (including phenoxy) is 5. The molecule has 3 aromatic carbocycles. The summed E-state index contributed by atoms with van der Waals surface area (Å²) in [7, 11) is -0.865. The molecule has 0 spiro atoms. The summed E-state index contributed by atoms with van der Waals surface area (Å²) < 4.78 is 64.2. The van der Waals surface area contributed by atoms with Gasteiger partial charge in [0.25, 0.3) is 0 Å². The Labute approximate surface area is 460 Å². The highest BCUT2D eigenvalue weighted by Crippen LogP contribution is 2.43. The van der Waals surface area contributed by atoms with Gasteiger partial charge in [0.15, 0.2) is 12.6 Å². The van der Waals surface area contributed by atoms with Crippen LogP contribution in [0.15, 0.2) is 60.8 Å². The van der Waals surface area contributed by atoms with Crippen molar-refractivity contribution in [1.29, 1.82) is 0 Å². The van der Waals surface area contributed by atoms with Crippen LogP contribution in [0.25, 0.3) is 32.9 Å². The van der Waals surface area contributed by atoms with Gasteiger partial charge >= 0.3 is 18.2 Å². The summed E-state index contributed by atoms with van der Waals surface area (Å²) >= 11 is 0. The number of halogens is 2. The summed E-state index contributed by atoms with van der Waals surface area (Å²) in [6.45, 7) is 29.2. The number of hydrogen-bond acceptors (Lipinski definition) is 13. The first-order valence-corrected chi connectivity index (χ1v) is 29.8. The lowest BCUT2D eigenvalue weighted by atomic mass is 9.95. The van der Waals surface area contributed by atoms with E-state index in [0.717, 1.165) is 45.6 Å². The van der Waals surface area contributed by atoms with E-state index in [9.17, 15) is 9.59 Å². The third-order valence-corrected chi connectivity index (χ3v) is 21.6. The van der Waals surface area contributed by atoms with Crippen LogP contribution in [0.1, 0.15) is 107 Å². The van der Waals surface area contributed by atoms with Crippen LogP contribution in [0.3, 0.4) is 0 Å². The molecule has 8 rings (SSSR count). The third-order valence-electron chi connectivity index (χ3n) is 15.3. The van der Waals surface area contributed by atoms with Crippen LogP contribution in [0.5, 0.6) is 11.8 Å². The van der Waals surface area contributed by atoms with E-state index in [4.69, 9.17) is 38.6 Å². The lowest BCUT2D eigenvalue weighted by Crippen LogP contribution is -2.57. The standard InChI is InChI=1S/C60H80F2N8O7Si/c1-38(2)78(39(3)4,40(5)6)28-23-47-50(61)22-19-42-29-46(75-37-73-13)30-48(51(42)47)53-52(62)54-49(31-63-53)55(69-34-44-20-21-45(35-69)70(44)58(72)77-60(10,11)12)66-56(65-54)74-36-43(64-57(71)76-59(7,8)9)33-68-26-24-67(25-27-68)32-41-17-15-14-16-18-41/h14-19,22,29-31,38-40,43-45H,20-21,24-27,32-37H2,1-13H3,(H,64,71). The summed E-state index contributed by atoms with van der Waals surface area (Å²) in [4.78, 5) is 50.3. The van der Waals surface area contributed by atoms with Crippen molar-refractivity contribution in [2.75, 3.05) is 71.2 Å². The van der Waals surface area contributed by atoms with Crippen LogP contribution in [0.4, 0.5) is 24.2 Å². The molecule has 0 aliphatic carbocycles. The number of nitrogens with one attached hydrogen (secondary N) is 1. The highest BCUT2D eigenvalue weighted by atomic mass is 28.3. The number of piperazine rings is 2. The Balaban J connectivity index is 1.22. The Hall–Kier alpha value is -6.13. The molecule has 3 aliphatic rings. The molecule has 3 aliphatic heterocycles. The van der Waals surface area contributed by atoms with Gasteiger partial charge in [-0.3, -0.25) is 19.7 Å². The molecule has 15 nitrogen and oxygen atoms in total. The molecular weight excluding hydrogens is 1010 g/mol. The Morgan fingerprint density at radius 3 is 2.08 bits per heavy atom. The number of aromatic nitrogens is 3. The smallest absolute Gasteiger partial charge is 0.410 e. The summed E-state index contributed by atoms with van der Waals surface area (Å²) in [6, 6.07) is 15.7. The maximum Gasteiger partial charge on any atom is 0.410 e. The predicted octanol–water partition coefficient (Wildman–Crippen LogP) is 11.4. The van der Waals surface area contributed by atoms with Crippen LogP contribution < -0.4 is 19.7 Å². The highest BCUT2D eigenvalue weighted by molar-refractivity contribution is 6.90. The van der Waals surface area contributed by atoms with Crippen LogP contribution in [0.2, 0.25) is 16.6 Å². The van der Waals surface area contributed by atoms with Crippen LogP contribution in [0, 0.1) is 23.1 Å². The summed E-state index contributed by atoms with van der Waals surface area (Å²) in [6.07, 6.45) is 2.06. The van der Waals surface area contributed by atoms with E-state index in [1.807, 2.05) is 36.6 Å². The second-order valence-electron chi connectivity index (χ2n) is 24.1. The number of pyridine rings is 1. The fourth-order valence-electron chi connectivity index (χ4n) is 11.8. The number of carbonyl (C=O) groups is 2. The van der Waals surface area contributed by atoms with Gasteiger partial charge in [-0.15, -0.1) is 5.54 Å². The van der Waals surface area contributed by atoms with E-state index in [0.29, 0.717) is 47.4 Å². The quantitative estimate of drug-likeness (QED) is 0.0569. The van der Waals surface area contributed by atoms with Gasteiger partial charge in [0.1, 0.15) is 54.5 Å². The molecule has 18 heteroatoms. The Morgan fingerprint density at radius 2 is 1.46 bits per heavy atom. The molecule has 0 saturated carbocycles. The third kappa shape index (κ3) is 13.3. The first-order chi connectivity index (χ1) is 36.9. The topological polar surface area (TPSA) is 144 Å². The molecule has 5 heterocycles. The van der Waals surface area contributed by atoms with Gasteiger partial charge in [0.05, 0.1) is 29.1 Å². The molecule has 5 aromatic rings. The summed E-state index contributed by atoms with van der Waals surface area (Å²) in [5.74, 6) is 2.75.